The Morgan fingerprint density at radius 1 is 0.897 bits per heavy atom. The number of carboxylic acid groups (broad SMARTS) is 1. The number of hydrogen-bond donors (Lipinski definition) is 3. The van der Waals surface area contributed by atoms with Gasteiger partial charge in [-0.2, -0.15) is 0 Å². The molecule has 0 heterocycles. The number of methoxy groups -OCH3 is 2. The zero-order valence-electron chi connectivity index (χ0n) is 20.7. The third-order valence-electron chi connectivity index (χ3n) is 5.41. The lowest BCUT2D eigenvalue weighted by Gasteiger charge is -2.17. The number of carbonyl (C=O) groups is 3. The molecule has 206 valence electrons. The molecule has 0 radical (unpaired) electrons. The lowest BCUT2D eigenvalue weighted by molar-refractivity contribution is -0.115. The zero-order valence-corrected chi connectivity index (χ0v) is 24.6. The summed E-state index contributed by atoms with van der Waals surface area (Å²) in [6.45, 7) is 1.87. The van der Waals surface area contributed by atoms with E-state index in [1.54, 1.807) is 42.5 Å². The molecule has 1 atom stereocenters. The Morgan fingerprint density at radius 3 is 2.15 bits per heavy atom. The average molecular weight is 632 g/mol. The van der Waals surface area contributed by atoms with Crippen molar-refractivity contribution in [1.82, 2.24) is 0 Å². The molecule has 3 aromatic carbocycles. The second-order valence-corrected chi connectivity index (χ2v) is 10.7. The summed E-state index contributed by atoms with van der Waals surface area (Å²) < 4.78 is 10.6. The maximum atomic E-state index is 13.1. The van der Waals surface area contributed by atoms with Crippen molar-refractivity contribution < 1.29 is 29.0 Å². The van der Waals surface area contributed by atoms with Crippen LogP contribution in [0, 0.1) is 0 Å². The second kappa shape index (κ2) is 13.5. The molecular formula is C26H22Cl4N2O6S. The summed E-state index contributed by atoms with van der Waals surface area (Å²) >= 11 is 25.5. The second-order valence-electron chi connectivity index (χ2n) is 7.86. The fourth-order valence-corrected chi connectivity index (χ4v) is 5.53. The van der Waals surface area contributed by atoms with Crippen molar-refractivity contribution >= 4 is 87.3 Å². The van der Waals surface area contributed by atoms with Gasteiger partial charge in [-0.1, -0.05) is 59.4 Å². The number of thioether (sulfide) groups is 1. The predicted octanol–water partition coefficient (Wildman–Crippen LogP) is 7.78. The van der Waals surface area contributed by atoms with Crippen LogP contribution in [0.15, 0.2) is 47.4 Å². The van der Waals surface area contributed by atoms with Crippen LogP contribution in [0.25, 0.3) is 0 Å². The van der Waals surface area contributed by atoms with Gasteiger partial charge in [-0.05, 0) is 36.8 Å². The van der Waals surface area contributed by atoms with E-state index >= 15 is 0 Å². The molecule has 0 saturated carbocycles. The molecule has 0 saturated heterocycles. The van der Waals surface area contributed by atoms with Crippen LogP contribution in [0.3, 0.4) is 0 Å². The molecule has 3 aromatic rings. The molecule has 1 unspecified atom stereocenters. The van der Waals surface area contributed by atoms with Crippen LogP contribution in [0.5, 0.6) is 11.5 Å². The van der Waals surface area contributed by atoms with Gasteiger partial charge in [0.05, 0.1) is 56.4 Å². The fourth-order valence-electron chi connectivity index (χ4n) is 3.50. The minimum Gasteiger partial charge on any atom is -0.497 e. The number of benzene rings is 3. The first-order chi connectivity index (χ1) is 18.5. The summed E-state index contributed by atoms with van der Waals surface area (Å²) in [5.41, 5.74) is -0.216. The number of hydrogen-bond acceptors (Lipinski definition) is 6. The molecule has 3 rings (SSSR count). The largest absolute Gasteiger partial charge is 0.497 e. The first kappa shape index (κ1) is 30.7. The van der Waals surface area contributed by atoms with Gasteiger partial charge in [0, 0.05) is 16.6 Å². The van der Waals surface area contributed by atoms with Gasteiger partial charge in [0.15, 0.2) is 0 Å². The van der Waals surface area contributed by atoms with E-state index in [0.29, 0.717) is 34.2 Å². The Morgan fingerprint density at radius 2 is 1.56 bits per heavy atom. The van der Waals surface area contributed by atoms with Crippen molar-refractivity contribution in [2.75, 3.05) is 24.9 Å². The number of nitrogens with one attached hydrogen (secondary N) is 2. The molecule has 0 aliphatic heterocycles. The number of anilines is 2. The lowest BCUT2D eigenvalue weighted by Crippen LogP contribution is -2.24. The molecule has 13 heteroatoms. The highest BCUT2D eigenvalue weighted by Gasteiger charge is 2.29. The smallest absolute Gasteiger partial charge is 0.338 e. The molecule has 0 aliphatic carbocycles. The quantitative estimate of drug-likeness (QED) is 0.119. The molecule has 0 spiro atoms. The molecule has 0 bridgehead atoms. The number of rotatable bonds is 10. The molecule has 3 N–H and O–H groups in total. The van der Waals surface area contributed by atoms with Crippen molar-refractivity contribution in [3.63, 3.8) is 0 Å². The first-order valence-corrected chi connectivity index (χ1v) is 13.6. The van der Waals surface area contributed by atoms with Gasteiger partial charge in [-0.25, -0.2) is 4.79 Å². The molecule has 0 fully saturated rings. The van der Waals surface area contributed by atoms with Gasteiger partial charge < -0.3 is 25.2 Å². The van der Waals surface area contributed by atoms with Gasteiger partial charge in [0.1, 0.15) is 11.5 Å². The number of carbonyl (C=O) groups excluding carboxylic acids is 2. The van der Waals surface area contributed by atoms with Crippen molar-refractivity contribution in [2.45, 2.75) is 23.5 Å². The van der Waals surface area contributed by atoms with E-state index in [1.165, 1.54) is 26.0 Å². The van der Waals surface area contributed by atoms with Gasteiger partial charge in [-0.3, -0.25) is 9.59 Å². The van der Waals surface area contributed by atoms with Gasteiger partial charge in [-0.15, -0.1) is 11.8 Å². The molecule has 0 aliphatic rings. The third-order valence-corrected chi connectivity index (χ3v) is 8.57. The summed E-state index contributed by atoms with van der Waals surface area (Å²) in [5, 5.41) is 13.3. The van der Waals surface area contributed by atoms with Gasteiger partial charge in [0.2, 0.25) is 5.91 Å². The highest BCUT2D eigenvalue weighted by molar-refractivity contribution is 8.00. The van der Waals surface area contributed by atoms with E-state index in [-0.39, 0.29) is 21.0 Å². The van der Waals surface area contributed by atoms with E-state index in [9.17, 15) is 19.5 Å². The van der Waals surface area contributed by atoms with E-state index in [0.717, 1.165) is 0 Å². The van der Waals surface area contributed by atoms with Crippen LogP contribution < -0.4 is 20.1 Å². The van der Waals surface area contributed by atoms with Crippen LogP contribution in [-0.2, 0) is 4.79 Å². The van der Waals surface area contributed by atoms with E-state index in [2.05, 4.69) is 10.6 Å². The van der Waals surface area contributed by atoms with Crippen LogP contribution in [0.2, 0.25) is 20.1 Å². The average Bonchev–Trinajstić information content (AvgIpc) is 2.92. The van der Waals surface area contributed by atoms with Crippen molar-refractivity contribution in [3.05, 3.63) is 73.7 Å². The Kier molecular flexibility index (Phi) is 10.6. The predicted molar refractivity (Wildman–Crippen MR) is 156 cm³/mol. The van der Waals surface area contributed by atoms with E-state index in [4.69, 9.17) is 55.9 Å². The summed E-state index contributed by atoms with van der Waals surface area (Å²) in [7, 11) is 3.03. The normalized spacial score (nSPS) is 11.5. The highest BCUT2D eigenvalue weighted by atomic mass is 35.5. The third kappa shape index (κ3) is 7.04. The molecule has 39 heavy (non-hydrogen) atoms. The Balaban J connectivity index is 1.82. The fraction of sp³-hybridized carbons (Fsp3) is 0.192. The summed E-state index contributed by atoms with van der Waals surface area (Å²) in [5.74, 6) is -1.57. The van der Waals surface area contributed by atoms with Crippen LogP contribution >= 0.6 is 58.2 Å². The minimum absolute atomic E-state index is 0.243. The molecule has 0 aromatic heterocycles. The Bertz CT molecular complexity index is 1440. The number of carboxylic acids is 1. The topological polar surface area (TPSA) is 114 Å². The van der Waals surface area contributed by atoms with E-state index in [1.807, 2.05) is 6.92 Å². The van der Waals surface area contributed by atoms with Gasteiger partial charge in [0.25, 0.3) is 5.91 Å². The summed E-state index contributed by atoms with van der Waals surface area (Å²) in [6.07, 6.45) is 0.499. The number of aromatic carboxylic acids is 1. The maximum absolute atomic E-state index is 13.1. The van der Waals surface area contributed by atoms with Crippen molar-refractivity contribution in [2.24, 2.45) is 0 Å². The van der Waals surface area contributed by atoms with E-state index < -0.39 is 33.3 Å². The Hall–Kier alpha value is -2.82. The number of ether oxygens (including phenoxy) is 2. The van der Waals surface area contributed by atoms with Crippen LogP contribution in [-0.4, -0.2) is 42.4 Å². The number of halogens is 4. The van der Waals surface area contributed by atoms with Crippen LogP contribution in [0.1, 0.15) is 34.1 Å². The molecule has 2 amide bonds. The van der Waals surface area contributed by atoms with Crippen molar-refractivity contribution in [1.29, 1.82) is 0 Å². The summed E-state index contributed by atoms with van der Waals surface area (Å²) in [6, 6.07) is 11.8. The lowest BCUT2D eigenvalue weighted by atomic mass is 10.1. The number of amides is 2. The standard InChI is InChI=1S/C26H22Cl4N2O6S/c1-4-17(24(33)32-15-11-13(37-2)8-9-16(15)38-3)39-14-7-5-6-12(10-14)31-25(34)18-19(26(35)36)21(28)23(30)22(29)20(18)27/h5-11,17H,4H2,1-3H3,(H,31,34)(H,32,33)(H,35,36). The molecule has 8 nitrogen and oxygen atoms in total. The monoisotopic (exact) mass is 630 g/mol. The van der Waals surface area contributed by atoms with Gasteiger partial charge >= 0.3 is 5.97 Å². The molecular weight excluding hydrogens is 610 g/mol. The SMILES string of the molecule is CCC(Sc1cccc(NC(=O)c2c(Cl)c(Cl)c(Cl)c(Cl)c2C(=O)O)c1)C(=O)Nc1cc(OC)ccc1OC. The van der Waals surface area contributed by atoms with Crippen LogP contribution in [0.4, 0.5) is 11.4 Å². The maximum Gasteiger partial charge on any atom is 0.338 e. The zero-order chi connectivity index (χ0) is 28.9. The first-order valence-electron chi connectivity index (χ1n) is 11.2. The minimum atomic E-state index is -1.50. The van der Waals surface area contributed by atoms with Crippen molar-refractivity contribution in [3.8, 4) is 11.5 Å². The highest BCUT2D eigenvalue weighted by Crippen LogP contribution is 2.42. The summed E-state index contributed by atoms with van der Waals surface area (Å²) in [4.78, 5) is 38.7. The Labute approximate surface area is 248 Å².